The van der Waals surface area contributed by atoms with Crippen molar-refractivity contribution in [2.75, 3.05) is 11.5 Å². The maximum absolute atomic E-state index is 14.4. The highest BCUT2D eigenvalue weighted by Gasteiger charge is 2.98. The molecule has 0 aromatic rings. The topological polar surface area (TPSA) is 37.3 Å². The molecule has 0 saturated carbocycles. The number of alkyl halides is 38. The van der Waals surface area contributed by atoms with Gasteiger partial charge in [0.1, 0.15) is 0 Å². The molecule has 0 aromatic carbocycles. The highest BCUT2D eigenvalue weighted by atomic mass is 32.2. The van der Waals surface area contributed by atoms with E-state index in [0.717, 1.165) is 0 Å². The molecule has 0 spiro atoms. The van der Waals surface area contributed by atoms with E-state index in [-0.39, 0.29) is 6.92 Å². The van der Waals surface area contributed by atoms with Crippen LogP contribution < -0.4 is 0 Å². The van der Waals surface area contributed by atoms with Gasteiger partial charge < -0.3 is 5.11 Å². The molecular weight excluding hydrogens is 1140 g/mol. The van der Waals surface area contributed by atoms with E-state index in [9.17, 15) is 172 Å². The molecule has 0 aliphatic carbocycles. The largest absolute Gasteiger partial charge is 0.481 e. The Morgan fingerprint density at radius 2 is 0.478 bits per heavy atom. The van der Waals surface area contributed by atoms with Crippen molar-refractivity contribution >= 4 is 29.5 Å². The van der Waals surface area contributed by atoms with Crippen molar-refractivity contribution < 1.29 is 177 Å². The number of rotatable bonds is 25. The molecule has 69 heavy (non-hydrogen) atoms. The monoisotopic (exact) mass is 1160 g/mol. The van der Waals surface area contributed by atoms with Crippen LogP contribution in [0.25, 0.3) is 0 Å². The summed E-state index contributed by atoms with van der Waals surface area (Å²) in [6, 6.07) is 0. The van der Waals surface area contributed by atoms with E-state index in [1.807, 2.05) is 0 Å². The van der Waals surface area contributed by atoms with Gasteiger partial charge in [0.25, 0.3) is 0 Å². The minimum atomic E-state index is -9.35. The minimum Gasteiger partial charge on any atom is -0.481 e. The molecule has 0 heterocycles. The number of carboxylic acid groups (broad SMARTS) is 1. The van der Waals surface area contributed by atoms with E-state index in [1.54, 1.807) is 0 Å². The van der Waals surface area contributed by atoms with Crippen LogP contribution in [0.5, 0.6) is 0 Å². The first kappa shape index (κ1) is 66.5. The normalized spacial score (nSPS) is 16.6. The van der Waals surface area contributed by atoms with E-state index in [1.165, 1.54) is 0 Å². The number of hydrogen-bond acceptors (Lipinski definition) is 3. The summed E-state index contributed by atoms with van der Waals surface area (Å²) in [5, 5.41) is 8.76. The summed E-state index contributed by atoms with van der Waals surface area (Å²) in [7, 11) is 0. The van der Waals surface area contributed by atoms with Crippen LogP contribution >= 0.6 is 23.5 Å². The van der Waals surface area contributed by atoms with Crippen LogP contribution in [0.15, 0.2) is 0 Å². The molecule has 1 N–H and O–H groups in total. The Kier molecular flexibility index (Phi) is 17.5. The second-order valence-electron chi connectivity index (χ2n) is 13.7. The van der Waals surface area contributed by atoms with Crippen molar-refractivity contribution in [1.82, 2.24) is 0 Å². The summed E-state index contributed by atoms with van der Waals surface area (Å²) in [5.41, 5.74) is 0. The molecule has 0 aliphatic heterocycles. The Balaban J connectivity index is 6.86. The molecule has 2 nitrogen and oxygen atoms in total. The molecule has 0 saturated heterocycles. The number of aliphatic carboxylic acids is 1. The molecule has 0 unspecified atom stereocenters. The molecular formula is C27H16F38O2S2. The molecule has 0 amide bonds. The van der Waals surface area contributed by atoms with Gasteiger partial charge in [-0.2, -0.15) is 167 Å². The average Bonchev–Trinajstić information content (AvgIpc) is 3.11. The number of thioether (sulfide) groups is 2. The molecule has 42 heteroatoms. The van der Waals surface area contributed by atoms with E-state index in [4.69, 9.17) is 5.11 Å². The zero-order valence-corrected chi connectivity index (χ0v) is 32.9. The summed E-state index contributed by atoms with van der Waals surface area (Å²) in [4.78, 5) is 10.9. The van der Waals surface area contributed by atoms with Crippen LogP contribution in [0, 0.1) is 0 Å². The van der Waals surface area contributed by atoms with Gasteiger partial charge in [0.05, 0.1) is 4.08 Å². The van der Waals surface area contributed by atoms with Crippen LogP contribution in [-0.4, -0.2) is 134 Å². The number of hydrogen-bond donors (Lipinski definition) is 1. The fourth-order valence-electron chi connectivity index (χ4n) is 4.41. The molecule has 0 atom stereocenters. The van der Waals surface area contributed by atoms with Gasteiger partial charge in [-0.1, -0.05) is 0 Å². The Morgan fingerprint density at radius 3 is 0.652 bits per heavy atom. The quantitative estimate of drug-likeness (QED) is 0.0730. The molecule has 0 fully saturated rings. The van der Waals surface area contributed by atoms with Crippen molar-refractivity contribution in [2.45, 2.75) is 144 Å². The first-order chi connectivity index (χ1) is 29.3. The van der Waals surface area contributed by atoms with Crippen molar-refractivity contribution in [1.29, 1.82) is 0 Å². The SMILES string of the molecule is CC(CCC(=O)O)(SCCC(F)(F)C(F)(F)C(F)(F)C(F)(F)C(F)(F)C(F)(F)C(F)(F)C(F)(F)C(F)(F)F)SCCC(F)(F)C(F)(F)C(F)(F)C(F)(F)C(F)(F)C(F)(F)C(F)(F)C(F)(F)C(F)(F)F. The van der Waals surface area contributed by atoms with E-state index < -0.39 is 178 Å². The Labute approximate surface area is 362 Å². The average molecular weight is 1160 g/mol. The van der Waals surface area contributed by atoms with Crippen LogP contribution in [0.4, 0.5) is 167 Å². The van der Waals surface area contributed by atoms with E-state index in [0.29, 0.717) is 0 Å². The zero-order chi connectivity index (χ0) is 56.7. The van der Waals surface area contributed by atoms with Crippen LogP contribution in [0.3, 0.4) is 0 Å². The van der Waals surface area contributed by atoms with E-state index in [2.05, 4.69) is 0 Å². The lowest BCUT2D eigenvalue weighted by molar-refractivity contribution is -0.468. The first-order valence-electron chi connectivity index (χ1n) is 16.0. The smallest absolute Gasteiger partial charge is 0.460 e. The highest BCUT2D eigenvalue weighted by molar-refractivity contribution is 8.18. The third-order valence-corrected chi connectivity index (χ3v) is 12.0. The van der Waals surface area contributed by atoms with Gasteiger partial charge in [-0.05, 0) is 13.3 Å². The summed E-state index contributed by atoms with van der Waals surface area (Å²) >= 11 is -1.75. The first-order valence-corrected chi connectivity index (χ1v) is 18.0. The third kappa shape index (κ3) is 9.88. The maximum Gasteiger partial charge on any atom is 0.460 e. The van der Waals surface area contributed by atoms with Crippen molar-refractivity contribution in [3.05, 3.63) is 0 Å². The molecule has 0 radical (unpaired) electrons. The minimum absolute atomic E-state index is 0.155. The maximum atomic E-state index is 14.4. The van der Waals surface area contributed by atoms with Crippen molar-refractivity contribution in [3.8, 4) is 0 Å². The van der Waals surface area contributed by atoms with Crippen LogP contribution in [0.2, 0.25) is 0 Å². The van der Waals surface area contributed by atoms with Gasteiger partial charge >= 0.3 is 113 Å². The van der Waals surface area contributed by atoms with Crippen molar-refractivity contribution in [2.24, 2.45) is 0 Å². The lowest BCUT2D eigenvalue weighted by Crippen LogP contribution is -2.75. The molecule has 0 aromatic heterocycles. The van der Waals surface area contributed by atoms with Crippen LogP contribution in [0.1, 0.15) is 32.6 Å². The standard InChI is InChI=1S/C27H16F38O2S2/c1-9(3-2-8(66)67,68-6-4-10(28,29)12(32,33)14(36,37)16(40,41)18(44,45)20(48,49)22(52,53)24(56,57)26(60,61)62)69-7-5-11(30,31)13(34,35)15(38,39)17(42,43)19(46,47)21(50,51)23(54,55)25(58,59)27(63,64)65/h2-7H2,1H3,(H,66,67). The van der Waals surface area contributed by atoms with Crippen LogP contribution in [-0.2, 0) is 4.79 Å². The summed E-state index contributed by atoms with van der Waals surface area (Å²) in [6.07, 6.45) is -26.3. The lowest BCUT2D eigenvalue weighted by atomic mass is 9.87. The summed E-state index contributed by atoms with van der Waals surface area (Å²) in [5.74, 6) is -148. The summed E-state index contributed by atoms with van der Waals surface area (Å²) in [6.45, 7) is 0.155. The zero-order valence-electron chi connectivity index (χ0n) is 31.3. The summed E-state index contributed by atoms with van der Waals surface area (Å²) < 4.78 is 513. The molecule has 414 valence electrons. The van der Waals surface area contributed by atoms with Gasteiger partial charge in [0.15, 0.2) is 0 Å². The fourth-order valence-corrected chi connectivity index (χ4v) is 7.32. The number of carbonyl (C=O) groups is 1. The second-order valence-corrected chi connectivity index (χ2v) is 17.1. The Hall–Kier alpha value is -2.49. The lowest BCUT2D eigenvalue weighted by Gasteiger charge is -2.44. The van der Waals surface area contributed by atoms with Gasteiger partial charge in [-0.3, -0.25) is 4.79 Å². The predicted molar refractivity (Wildman–Crippen MR) is 151 cm³/mol. The van der Waals surface area contributed by atoms with E-state index >= 15 is 0 Å². The predicted octanol–water partition coefficient (Wildman–Crippen LogP) is 15.1. The Morgan fingerprint density at radius 1 is 0.304 bits per heavy atom. The second kappa shape index (κ2) is 18.2. The molecule has 0 rings (SSSR count). The third-order valence-electron chi connectivity index (χ3n) is 8.80. The van der Waals surface area contributed by atoms with Gasteiger partial charge in [-0.15, -0.1) is 23.5 Å². The highest BCUT2D eigenvalue weighted by Crippen LogP contribution is 2.68. The van der Waals surface area contributed by atoms with Gasteiger partial charge in [0.2, 0.25) is 0 Å². The number of halogens is 38. The number of carboxylic acids is 1. The Bertz CT molecular complexity index is 1680. The fraction of sp³-hybridized carbons (Fsp3) is 0.963. The molecule has 0 bridgehead atoms. The van der Waals surface area contributed by atoms with Crippen molar-refractivity contribution in [3.63, 3.8) is 0 Å². The van der Waals surface area contributed by atoms with Gasteiger partial charge in [0, 0.05) is 30.8 Å². The van der Waals surface area contributed by atoms with Gasteiger partial charge in [-0.25, -0.2) is 0 Å². The molecule has 0 aliphatic rings.